The van der Waals surface area contributed by atoms with Crippen molar-refractivity contribution in [3.8, 4) is 0 Å². The van der Waals surface area contributed by atoms with Gasteiger partial charge in [0, 0.05) is 20.1 Å². The first-order valence-corrected chi connectivity index (χ1v) is 9.01. The van der Waals surface area contributed by atoms with Gasteiger partial charge in [0.05, 0.1) is 6.54 Å². The maximum atomic E-state index is 12.4. The van der Waals surface area contributed by atoms with Gasteiger partial charge in [-0.1, -0.05) is 0 Å². The summed E-state index contributed by atoms with van der Waals surface area (Å²) in [6, 6.07) is 0. The lowest BCUT2D eigenvalue weighted by atomic mass is 9.93. The van der Waals surface area contributed by atoms with Gasteiger partial charge in [0.1, 0.15) is 18.7 Å². The third-order valence-corrected chi connectivity index (χ3v) is 4.48. The minimum atomic E-state index is -4.10. The van der Waals surface area contributed by atoms with Crippen LogP contribution >= 0.6 is 24.0 Å². The van der Waals surface area contributed by atoms with Crippen molar-refractivity contribution in [2.45, 2.75) is 38.9 Å². The van der Waals surface area contributed by atoms with Crippen LogP contribution in [0.4, 0.5) is 13.2 Å². The number of aryl methyl sites for hydroxylation is 1. The minimum Gasteiger partial charge on any atom is -0.357 e. The van der Waals surface area contributed by atoms with E-state index in [2.05, 4.69) is 25.7 Å². The number of guanidine groups is 1. The normalized spacial score (nSPS) is 16.9. The molecule has 0 saturated carbocycles. The number of rotatable bonds is 7. The van der Waals surface area contributed by atoms with Crippen LogP contribution in [0.15, 0.2) is 11.3 Å². The second-order valence-electron chi connectivity index (χ2n) is 6.55. The third kappa shape index (κ3) is 9.08. The Balaban J connectivity index is 0.00000364. The largest absolute Gasteiger partial charge is 0.401 e. The maximum absolute atomic E-state index is 12.4. The lowest BCUT2D eigenvalue weighted by Crippen LogP contribution is -2.41. The maximum Gasteiger partial charge on any atom is 0.401 e. The van der Waals surface area contributed by atoms with E-state index >= 15 is 0 Å². The molecule has 0 aliphatic carbocycles. The number of piperidine rings is 1. The summed E-state index contributed by atoms with van der Waals surface area (Å²) in [5.41, 5.74) is 0. The Morgan fingerprint density at radius 2 is 2.00 bits per heavy atom. The molecule has 0 atom stereocenters. The van der Waals surface area contributed by atoms with Crippen LogP contribution in [0.1, 0.15) is 32.0 Å². The molecule has 156 valence electrons. The number of halogens is 4. The standard InChI is InChI=1S/C16H28F3N7.HI/c1-3-20-15(22-10-14-23-12-24-25(14)2)21-7-4-13-5-8-26(9-6-13)11-16(17,18)19;/h12-13H,3-11H2,1-2H3,(H2,20,21,22);1H. The second kappa shape index (κ2) is 11.7. The zero-order valence-corrected chi connectivity index (χ0v) is 18.1. The monoisotopic (exact) mass is 503 g/mol. The van der Waals surface area contributed by atoms with Crippen molar-refractivity contribution in [2.24, 2.45) is 18.0 Å². The highest BCUT2D eigenvalue weighted by molar-refractivity contribution is 14.0. The number of nitrogens with zero attached hydrogens (tertiary/aromatic N) is 5. The Morgan fingerprint density at radius 1 is 1.30 bits per heavy atom. The zero-order valence-electron chi connectivity index (χ0n) is 15.8. The number of hydrogen-bond donors (Lipinski definition) is 2. The van der Waals surface area contributed by atoms with Crippen LogP contribution in [-0.2, 0) is 13.6 Å². The fourth-order valence-corrected chi connectivity index (χ4v) is 3.04. The molecule has 2 N–H and O–H groups in total. The molecular formula is C16H29F3IN7. The summed E-state index contributed by atoms with van der Waals surface area (Å²) in [4.78, 5) is 10.1. The molecule has 0 spiro atoms. The Kier molecular flexibility index (Phi) is 10.3. The Hall–Kier alpha value is -1.11. The lowest BCUT2D eigenvalue weighted by Gasteiger charge is -2.32. The van der Waals surface area contributed by atoms with Crippen LogP contribution < -0.4 is 10.6 Å². The first kappa shape index (κ1) is 23.9. The first-order valence-electron chi connectivity index (χ1n) is 9.01. The Morgan fingerprint density at radius 3 is 2.56 bits per heavy atom. The van der Waals surface area contributed by atoms with Gasteiger partial charge in [-0.15, -0.1) is 24.0 Å². The Bertz CT molecular complexity index is 569. The molecule has 1 saturated heterocycles. The van der Waals surface area contributed by atoms with Gasteiger partial charge in [-0.25, -0.2) is 9.98 Å². The zero-order chi connectivity index (χ0) is 19.0. The highest BCUT2D eigenvalue weighted by Crippen LogP contribution is 2.23. The van der Waals surface area contributed by atoms with Gasteiger partial charge in [-0.3, -0.25) is 9.58 Å². The summed E-state index contributed by atoms with van der Waals surface area (Å²) in [7, 11) is 1.82. The summed E-state index contributed by atoms with van der Waals surface area (Å²) >= 11 is 0. The molecule has 2 rings (SSSR count). The number of aromatic nitrogens is 3. The third-order valence-electron chi connectivity index (χ3n) is 4.48. The number of nitrogens with one attached hydrogen (secondary N) is 2. The molecule has 7 nitrogen and oxygen atoms in total. The van der Waals surface area contributed by atoms with Gasteiger partial charge in [0.2, 0.25) is 0 Å². The van der Waals surface area contributed by atoms with Crippen molar-refractivity contribution in [3.63, 3.8) is 0 Å². The molecule has 11 heteroatoms. The molecule has 27 heavy (non-hydrogen) atoms. The molecule has 0 unspecified atom stereocenters. The molecule has 1 aromatic rings. The van der Waals surface area contributed by atoms with Crippen molar-refractivity contribution in [2.75, 3.05) is 32.7 Å². The number of hydrogen-bond acceptors (Lipinski definition) is 4. The van der Waals surface area contributed by atoms with Crippen molar-refractivity contribution in [1.82, 2.24) is 30.3 Å². The van der Waals surface area contributed by atoms with Crippen LogP contribution in [-0.4, -0.2) is 64.5 Å². The molecule has 1 aliphatic heterocycles. The summed E-state index contributed by atoms with van der Waals surface area (Å²) in [5, 5.41) is 10.5. The molecule has 0 radical (unpaired) electrons. The van der Waals surface area contributed by atoms with E-state index < -0.39 is 12.7 Å². The summed E-state index contributed by atoms with van der Waals surface area (Å²) in [6.07, 6.45) is -0.0619. The molecular weight excluding hydrogens is 474 g/mol. The van der Waals surface area contributed by atoms with E-state index in [1.54, 1.807) is 4.68 Å². The molecule has 2 heterocycles. The van der Waals surface area contributed by atoms with Crippen LogP contribution in [0.25, 0.3) is 0 Å². The number of alkyl halides is 3. The van der Waals surface area contributed by atoms with Crippen LogP contribution in [0.2, 0.25) is 0 Å². The topological polar surface area (TPSA) is 70.4 Å². The lowest BCUT2D eigenvalue weighted by molar-refractivity contribution is -0.148. The van der Waals surface area contributed by atoms with Crippen molar-refractivity contribution >= 4 is 29.9 Å². The van der Waals surface area contributed by atoms with Crippen molar-refractivity contribution in [3.05, 3.63) is 12.2 Å². The summed E-state index contributed by atoms with van der Waals surface area (Å²) < 4.78 is 38.9. The van der Waals surface area contributed by atoms with E-state index in [0.717, 1.165) is 38.2 Å². The van der Waals surface area contributed by atoms with Gasteiger partial charge in [-0.05, 0) is 45.2 Å². The highest BCUT2D eigenvalue weighted by Gasteiger charge is 2.32. The van der Waals surface area contributed by atoms with Gasteiger partial charge in [0.15, 0.2) is 5.96 Å². The van der Waals surface area contributed by atoms with E-state index in [1.165, 1.54) is 11.2 Å². The predicted molar refractivity (Wildman–Crippen MR) is 109 cm³/mol. The molecule has 1 aromatic heterocycles. The van der Waals surface area contributed by atoms with Crippen molar-refractivity contribution in [1.29, 1.82) is 0 Å². The number of aliphatic imine (C=N–C) groups is 1. The van der Waals surface area contributed by atoms with E-state index in [1.807, 2.05) is 14.0 Å². The van der Waals surface area contributed by atoms with Crippen LogP contribution in [0, 0.1) is 5.92 Å². The van der Waals surface area contributed by atoms with Gasteiger partial charge in [-0.2, -0.15) is 18.3 Å². The first-order chi connectivity index (χ1) is 12.4. The summed E-state index contributed by atoms with van der Waals surface area (Å²) in [6.45, 7) is 4.17. The average Bonchev–Trinajstić information content (AvgIpc) is 2.98. The summed E-state index contributed by atoms with van der Waals surface area (Å²) in [5.74, 6) is 1.94. The number of likely N-dealkylation sites (tertiary alicyclic amines) is 1. The smallest absolute Gasteiger partial charge is 0.357 e. The SMILES string of the molecule is CCNC(=NCc1ncnn1C)NCCC1CCN(CC(F)(F)F)CC1.I. The fraction of sp³-hybridized carbons (Fsp3) is 0.812. The molecule has 0 amide bonds. The minimum absolute atomic E-state index is 0. The van der Waals surface area contributed by atoms with Crippen LogP contribution in [0.3, 0.4) is 0 Å². The van der Waals surface area contributed by atoms with Gasteiger partial charge < -0.3 is 10.6 Å². The van der Waals surface area contributed by atoms with E-state index in [9.17, 15) is 13.2 Å². The molecule has 1 aliphatic rings. The van der Waals surface area contributed by atoms with Gasteiger partial charge >= 0.3 is 6.18 Å². The Labute approximate surface area is 175 Å². The molecule has 0 bridgehead atoms. The van der Waals surface area contributed by atoms with Crippen LogP contribution in [0.5, 0.6) is 0 Å². The molecule has 1 fully saturated rings. The fourth-order valence-electron chi connectivity index (χ4n) is 3.04. The predicted octanol–water partition coefficient (Wildman–Crippen LogP) is 2.15. The average molecular weight is 503 g/mol. The highest BCUT2D eigenvalue weighted by atomic mass is 127. The van der Waals surface area contributed by atoms with Crippen molar-refractivity contribution < 1.29 is 13.2 Å². The molecule has 0 aromatic carbocycles. The van der Waals surface area contributed by atoms with E-state index in [4.69, 9.17) is 0 Å². The van der Waals surface area contributed by atoms with E-state index in [0.29, 0.717) is 31.5 Å². The quantitative estimate of drug-likeness (QED) is 0.339. The van der Waals surface area contributed by atoms with E-state index in [-0.39, 0.29) is 24.0 Å². The second-order valence-corrected chi connectivity index (χ2v) is 6.55. The van der Waals surface area contributed by atoms with Gasteiger partial charge in [0.25, 0.3) is 0 Å².